The van der Waals surface area contributed by atoms with Crippen molar-refractivity contribution in [3.05, 3.63) is 69.9 Å². The Morgan fingerprint density at radius 2 is 1.91 bits per heavy atom. The number of carbonyl (C=O) groups is 2. The van der Waals surface area contributed by atoms with E-state index in [0.29, 0.717) is 43.1 Å². The number of nitrogens with one attached hydrogen (secondary N) is 1. The summed E-state index contributed by atoms with van der Waals surface area (Å²) in [4.78, 5) is 39.5. The molecule has 170 valence electrons. The summed E-state index contributed by atoms with van der Waals surface area (Å²) in [6, 6.07) is 8.00. The first kappa shape index (κ1) is 21.3. The first-order chi connectivity index (χ1) is 15.9. The quantitative estimate of drug-likeness (QED) is 0.664. The predicted molar refractivity (Wildman–Crippen MR) is 124 cm³/mol. The average Bonchev–Trinajstić information content (AvgIpc) is 3.46. The molecule has 4 heterocycles. The van der Waals surface area contributed by atoms with E-state index in [1.165, 1.54) is 5.56 Å². The van der Waals surface area contributed by atoms with Gasteiger partial charge in [0, 0.05) is 29.9 Å². The molecular formula is C25H28N6O2. The highest BCUT2D eigenvalue weighted by Crippen LogP contribution is 2.36. The molecule has 1 saturated heterocycles. The molecule has 3 aromatic rings. The van der Waals surface area contributed by atoms with E-state index in [2.05, 4.69) is 34.5 Å². The number of hydrogen-bond donors (Lipinski definition) is 1. The second-order valence-corrected chi connectivity index (χ2v) is 9.00. The normalized spacial score (nSPS) is 18.0. The molecule has 0 spiro atoms. The highest BCUT2D eigenvalue weighted by molar-refractivity contribution is 5.96. The number of aryl methyl sites for hydroxylation is 3. The van der Waals surface area contributed by atoms with Gasteiger partial charge in [-0.1, -0.05) is 29.8 Å². The molecule has 0 bridgehead atoms. The van der Waals surface area contributed by atoms with Crippen molar-refractivity contribution in [2.45, 2.75) is 59.0 Å². The van der Waals surface area contributed by atoms with E-state index in [0.717, 1.165) is 35.4 Å². The van der Waals surface area contributed by atoms with Crippen LogP contribution < -0.4 is 4.90 Å². The maximum absolute atomic E-state index is 13.2. The van der Waals surface area contributed by atoms with Crippen LogP contribution in [0.1, 0.15) is 69.6 Å². The van der Waals surface area contributed by atoms with E-state index in [-0.39, 0.29) is 17.9 Å². The molecule has 0 radical (unpaired) electrons. The maximum atomic E-state index is 13.2. The number of benzene rings is 1. The Morgan fingerprint density at radius 3 is 2.64 bits per heavy atom. The molecule has 1 atom stereocenters. The summed E-state index contributed by atoms with van der Waals surface area (Å²) < 4.78 is 0. The summed E-state index contributed by atoms with van der Waals surface area (Å²) in [7, 11) is 0. The largest absolute Gasteiger partial charge is 0.328 e. The van der Waals surface area contributed by atoms with Gasteiger partial charge in [-0.25, -0.2) is 9.97 Å². The van der Waals surface area contributed by atoms with E-state index in [1.807, 2.05) is 25.7 Å². The fraction of sp³-hybridized carbons (Fsp3) is 0.400. The molecule has 5 rings (SSSR count). The zero-order valence-corrected chi connectivity index (χ0v) is 19.3. The third-order valence-corrected chi connectivity index (χ3v) is 6.69. The Kier molecular flexibility index (Phi) is 5.44. The van der Waals surface area contributed by atoms with Gasteiger partial charge in [0.05, 0.1) is 24.3 Å². The molecule has 2 aliphatic heterocycles. The van der Waals surface area contributed by atoms with Gasteiger partial charge in [-0.15, -0.1) is 0 Å². The van der Waals surface area contributed by atoms with Crippen molar-refractivity contribution in [2.24, 2.45) is 0 Å². The van der Waals surface area contributed by atoms with E-state index >= 15 is 0 Å². The molecule has 33 heavy (non-hydrogen) atoms. The van der Waals surface area contributed by atoms with Crippen LogP contribution >= 0.6 is 0 Å². The molecule has 0 aliphatic carbocycles. The Labute approximate surface area is 193 Å². The standard InChI is InChI=1S/C25H28N6O2/c1-15-6-8-18(9-7-15)14-31-22(32)11-10-19-16(2)27-23(28-24(19)31)21-5-4-12-30(21)25(33)20-13-26-29-17(20)3/h6-9,13,21H,4-5,10-12,14H2,1-3H3,(H,26,29)/t21-/m1/s1. The zero-order valence-electron chi connectivity index (χ0n) is 19.3. The lowest BCUT2D eigenvalue weighted by molar-refractivity contribution is -0.119. The lowest BCUT2D eigenvalue weighted by Gasteiger charge is -2.31. The van der Waals surface area contributed by atoms with Crippen LogP contribution in [0.3, 0.4) is 0 Å². The van der Waals surface area contributed by atoms with Crippen LogP contribution in [0.25, 0.3) is 0 Å². The third kappa shape index (κ3) is 3.90. The monoisotopic (exact) mass is 444 g/mol. The lowest BCUT2D eigenvalue weighted by atomic mass is 10.0. The van der Waals surface area contributed by atoms with Crippen LogP contribution in [0.5, 0.6) is 0 Å². The second-order valence-electron chi connectivity index (χ2n) is 9.00. The number of aromatic nitrogens is 4. The van der Waals surface area contributed by atoms with Crippen molar-refractivity contribution in [3.63, 3.8) is 0 Å². The third-order valence-electron chi connectivity index (χ3n) is 6.69. The van der Waals surface area contributed by atoms with Crippen molar-refractivity contribution in [3.8, 4) is 0 Å². The summed E-state index contributed by atoms with van der Waals surface area (Å²) in [6.45, 7) is 7.00. The summed E-state index contributed by atoms with van der Waals surface area (Å²) in [5, 5.41) is 6.84. The average molecular weight is 445 g/mol. The van der Waals surface area contributed by atoms with Crippen molar-refractivity contribution in [1.82, 2.24) is 25.1 Å². The Hall–Kier alpha value is -3.55. The fourth-order valence-corrected chi connectivity index (χ4v) is 4.79. The topological polar surface area (TPSA) is 95.1 Å². The van der Waals surface area contributed by atoms with Gasteiger partial charge in [0.1, 0.15) is 5.82 Å². The van der Waals surface area contributed by atoms with E-state index in [4.69, 9.17) is 9.97 Å². The number of aromatic amines is 1. The van der Waals surface area contributed by atoms with Crippen LogP contribution in [0, 0.1) is 20.8 Å². The van der Waals surface area contributed by atoms with E-state index in [1.54, 1.807) is 11.1 Å². The number of H-pyrrole nitrogens is 1. The zero-order chi connectivity index (χ0) is 23.1. The van der Waals surface area contributed by atoms with Crippen molar-refractivity contribution in [2.75, 3.05) is 11.4 Å². The fourth-order valence-electron chi connectivity index (χ4n) is 4.79. The predicted octanol–water partition coefficient (Wildman–Crippen LogP) is 3.58. The van der Waals surface area contributed by atoms with Gasteiger partial charge in [0.2, 0.25) is 5.91 Å². The number of amides is 2. The number of fused-ring (bicyclic) bond motifs is 1. The first-order valence-corrected chi connectivity index (χ1v) is 11.5. The number of rotatable bonds is 4. The Morgan fingerprint density at radius 1 is 1.12 bits per heavy atom. The number of nitrogens with zero attached hydrogens (tertiary/aromatic N) is 5. The lowest BCUT2D eigenvalue weighted by Crippen LogP contribution is -2.37. The number of anilines is 1. The van der Waals surface area contributed by atoms with Gasteiger partial charge in [0.25, 0.3) is 5.91 Å². The molecule has 2 amide bonds. The van der Waals surface area contributed by atoms with Crippen molar-refractivity contribution in [1.29, 1.82) is 0 Å². The highest BCUT2D eigenvalue weighted by Gasteiger charge is 2.36. The van der Waals surface area contributed by atoms with E-state index < -0.39 is 0 Å². The molecule has 0 unspecified atom stereocenters. The smallest absolute Gasteiger partial charge is 0.257 e. The molecule has 2 aliphatic rings. The van der Waals surface area contributed by atoms with Gasteiger partial charge >= 0.3 is 0 Å². The van der Waals surface area contributed by atoms with Gasteiger partial charge in [-0.2, -0.15) is 5.10 Å². The van der Waals surface area contributed by atoms with Crippen LogP contribution in [-0.2, 0) is 17.8 Å². The first-order valence-electron chi connectivity index (χ1n) is 11.5. The summed E-state index contributed by atoms with van der Waals surface area (Å²) in [5.74, 6) is 1.31. The molecule has 0 saturated carbocycles. The molecular weight excluding hydrogens is 416 g/mol. The Bertz CT molecular complexity index is 1220. The summed E-state index contributed by atoms with van der Waals surface area (Å²) in [5.41, 5.74) is 5.48. The summed E-state index contributed by atoms with van der Waals surface area (Å²) in [6.07, 6.45) is 4.36. The molecule has 8 nitrogen and oxygen atoms in total. The van der Waals surface area contributed by atoms with Crippen molar-refractivity contribution >= 4 is 17.6 Å². The summed E-state index contributed by atoms with van der Waals surface area (Å²) >= 11 is 0. The van der Waals surface area contributed by atoms with Crippen LogP contribution in [0.4, 0.5) is 5.82 Å². The SMILES string of the molecule is Cc1ccc(CN2C(=O)CCc3c(C)nc([C@H]4CCCN4C(=O)c4cn[nH]c4C)nc32)cc1. The Balaban J connectivity index is 1.50. The minimum Gasteiger partial charge on any atom is -0.328 e. The van der Waals surface area contributed by atoms with Gasteiger partial charge in [-0.05, 0) is 45.6 Å². The van der Waals surface area contributed by atoms with Crippen LogP contribution in [0.2, 0.25) is 0 Å². The minimum absolute atomic E-state index is 0.0599. The minimum atomic E-state index is -0.214. The maximum Gasteiger partial charge on any atom is 0.257 e. The molecule has 8 heteroatoms. The van der Waals surface area contributed by atoms with Gasteiger partial charge in [-0.3, -0.25) is 19.6 Å². The van der Waals surface area contributed by atoms with Crippen LogP contribution in [0.15, 0.2) is 30.5 Å². The molecule has 1 aromatic carbocycles. The molecule has 2 aromatic heterocycles. The number of hydrogen-bond acceptors (Lipinski definition) is 5. The van der Waals surface area contributed by atoms with Crippen LogP contribution in [-0.4, -0.2) is 43.4 Å². The van der Waals surface area contributed by atoms with Crippen molar-refractivity contribution < 1.29 is 9.59 Å². The molecule has 1 fully saturated rings. The number of carbonyl (C=O) groups excluding carboxylic acids is 2. The molecule has 1 N–H and O–H groups in total. The van der Waals surface area contributed by atoms with Gasteiger partial charge in [0.15, 0.2) is 5.82 Å². The van der Waals surface area contributed by atoms with E-state index in [9.17, 15) is 9.59 Å². The second kappa shape index (κ2) is 8.42. The highest BCUT2D eigenvalue weighted by atomic mass is 16.2. The van der Waals surface area contributed by atoms with Gasteiger partial charge < -0.3 is 4.90 Å². The number of likely N-dealkylation sites (tertiary alicyclic amines) is 1.